The average Bonchev–Trinajstić information content (AvgIpc) is 2.48. The van der Waals surface area contributed by atoms with Crippen molar-refractivity contribution in [3.8, 4) is 5.75 Å². The van der Waals surface area contributed by atoms with Gasteiger partial charge in [0.05, 0.1) is 18.7 Å². The summed E-state index contributed by atoms with van der Waals surface area (Å²) in [5.74, 6) is 5.82. The molecule has 0 aliphatic carbocycles. The molecule has 7 heteroatoms. The van der Waals surface area contributed by atoms with Crippen molar-refractivity contribution < 1.29 is 17.9 Å². The van der Waals surface area contributed by atoms with Gasteiger partial charge >= 0.3 is 6.18 Å². The number of aromatic nitrogens is 1. The fourth-order valence-corrected chi connectivity index (χ4v) is 2.12. The number of hydrogen-bond donors (Lipinski definition) is 2. The van der Waals surface area contributed by atoms with Crippen molar-refractivity contribution in [2.75, 3.05) is 7.11 Å². The maximum atomic E-state index is 13.1. The zero-order chi connectivity index (χ0) is 15.5. The minimum absolute atomic E-state index is 0.00972. The number of nitrogens with two attached hydrogens (primary N) is 1. The summed E-state index contributed by atoms with van der Waals surface area (Å²) in [7, 11) is 1.42. The molecule has 112 valence electrons. The maximum Gasteiger partial charge on any atom is 0.416 e. The van der Waals surface area contributed by atoms with Crippen molar-refractivity contribution in [3.63, 3.8) is 0 Å². The first kappa shape index (κ1) is 15.3. The van der Waals surface area contributed by atoms with Crippen LogP contribution in [0.4, 0.5) is 13.2 Å². The number of alkyl halides is 3. The van der Waals surface area contributed by atoms with Gasteiger partial charge in [0.2, 0.25) is 0 Å². The molecule has 0 amide bonds. The van der Waals surface area contributed by atoms with E-state index in [0.717, 1.165) is 6.07 Å². The quantitative estimate of drug-likeness (QED) is 0.673. The van der Waals surface area contributed by atoms with E-state index in [1.165, 1.54) is 31.5 Å². The van der Waals surface area contributed by atoms with E-state index in [2.05, 4.69) is 10.4 Å². The van der Waals surface area contributed by atoms with Gasteiger partial charge in [-0.15, -0.1) is 0 Å². The lowest BCUT2D eigenvalue weighted by molar-refractivity contribution is -0.138. The van der Waals surface area contributed by atoms with E-state index in [1.807, 2.05) is 0 Å². The van der Waals surface area contributed by atoms with Gasteiger partial charge in [0.25, 0.3) is 0 Å². The zero-order valence-electron chi connectivity index (χ0n) is 11.2. The maximum absolute atomic E-state index is 13.1. The molecule has 3 N–H and O–H groups in total. The molecule has 0 aliphatic rings. The monoisotopic (exact) mass is 297 g/mol. The van der Waals surface area contributed by atoms with Gasteiger partial charge in [-0.25, -0.2) is 5.43 Å². The number of nitrogens with one attached hydrogen (secondary N) is 1. The molecule has 2 rings (SSSR count). The summed E-state index contributed by atoms with van der Waals surface area (Å²) in [5.41, 5.74) is 1.90. The van der Waals surface area contributed by atoms with Crippen molar-refractivity contribution in [2.45, 2.75) is 12.2 Å². The van der Waals surface area contributed by atoms with Crippen molar-refractivity contribution in [1.82, 2.24) is 10.4 Å². The summed E-state index contributed by atoms with van der Waals surface area (Å²) in [6.45, 7) is 0. The van der Waals surface area contributed by atoms with E-state index in [1.54, 1.807) is 12.1 Å². The highest BCUT2D eigenvalue weighted by molar-refractivity contribution is 5.41. The Bertz CT molecular complexity index is 616. The van der Waals surface area contributed by atoms with Crippen molar-refractivity contribution in [3.05, 3.63) is 59.4 Å². The van der Waals surface area contributed by atoms with Crippen LogP contribution in [-0.4, -0.2) is 12.1 Å². The first-order valence-corrected chi connectivity index (χ1v) is 6.10. The van der Waals surface area contributed by atoms with Gasteiger partial charge in [-0.05, 0) is 23.8 Å². The SMILES string of the molecule is COc1cccnc1C(NN)c1ccccc1C(F)(F)F. The second-order valence-corrected chi connectivity index (χ2v) is 4.28. The number of halogens is 3. The first-order chi connectivity index (χ1) is 9.99. The minimum Gasteiger partial charge on any atom is -0.495 e. The number of hydrogen-bond acceptors (Lipinski definition) is 4. The molecule has 21 heavy (non-hydrogen) atoms. The molecule has 0 spiro atoms. The molecule has 1 unspecified atom stereocenters. The van der Waals surface area contributed by atoms with E-state index in [0.29, 0.717) is 11.4 Å². The van der Waals surface area contributed by atoms with Gasteiger partial charge in [-0.1, -0.05) is 18.2 Å². The van der Waals surface area contributed by atoms with Gasteiger partial charge in [-0.2, -0.15) is 13.2 Å². The topological polar surface area (TPSA) is 60.2 Å². The van der Waals surface area contributed by atoms with Gasteiger partial charge in [0.15, 0.2) is 0 Å². The molecule has 1 heterocycles. The lowest BCUT2D eigenvalue weighted by Gasteiger charge is -2.22. The third-order valence-corrected chi connectivity index (χ3v) is 3.04. The van der Waals surface area contributed by atoms with Crippen LogP contribution in [0.5, 0.6) is 5.75 Å². The second kappa shape index (κ2) is 6.11. The molecule has 0 saturated heterocycles. The minimum atomic E-state index is -4.48. The summed E-state index contributed by atoms with van der Waals surface area (Å²) in [5, 5.41) is 0. The van der Waals surface area contributed by atoms with Gasteiger partial charge in [0, 0.05) is 6.20 Å². The van der Waals surface area contributed by atoms with E-state index in [-0.39, 0.29) is 5.56 Å². The number of pyridine rings is 1. The van der Waals surface area contributed by atoms with Gasteiger partial charge in [-0.3, -0.25) is 10.8 Å². The predicted molar refractivity (Wildman–Crippen MR) is 71.4 cm³/mol. The zero-order valence-corrected chi connectivity index (χ0v) is 11.2. The van der Waals surface area contributed by atoms with Crippen LogP contribution in [0.15, 0.2) is 42.6 Å². The van der Waals surface area contributed by atoms with Crippen LogP contribution in [0.1, 0.15) is 22.9 Å². The molecule has 0 aliphatic heterocycles. The Balaban J connectivity index is 2.58. The molecule has 0 bridgehead atoms. The molecule has 1 atom stereocenters. The van der Waals surface area contributed by atoms with Crippen LogP contribution < -0.4 is 16.0 Å². The first-order valence-electron chi connectivity index (χ1n) is 6.10. The fraction of sp³-hybridized carbons (Fsp3) is 0.214. The fourth-order valence-electron chi connectivity index (χ4n) is 2.12. The number of nitrogens with zero attached hydrogens (tertiary/aromatic N) is 1. The lowest BCUT2D eigenvalue weighted by atomic mass is 9.97. The van der Waals surface area contributed by atoms with Crippen LogP contribution in [0, 0.1) is 0 Å². The van der Waals surface area contributed by atoms with Crippen LogP contribution in [0.3, 0.4) is 0 Å². The standard InChI is InChI=1S/C14H14F3N3O/c1-21-11-7-4-8-19-13(11)12(20-18)9-5-2-3-6-10(9)14(15,16)17/h2-8,12,20H,18H2,1H3. The molecule has 0 saturated carbocycles. The molecule has 0 radical (unpaired) electrons. The smallest absolute Gasteiger partial charge is 0.416 e. The van der Waals surface area contributed by atoms with E-state index in [4.69, 9.17) is 10.6 Å². The third kappa shape index (κ3) is 3.14. The molecule has 4 nitrogen and oxygen atoms in total. The Kier molecular flexibility index (Phi) is 4.44. The Morgan fingerprint density at radius 1 is 1.19 bits per heavy atom. The molecular weight excluding hydrogens is 283 g/mol. The molecular formula is C14H14F3N3O. The van der Waals surface area contributed by atoms with Crippen LogP contribution in [0.25, 0.3) is 0 Å². The van der Waals surface area contributed by atoms with Gasteiger partial charge < -0.3 is 4.74 Å². The lowest BCUT2D eigenvalue weighted by Crippen LogP contribution is -2.31. The molecule has 1 aromatic heterocycles. The Hall–Kier alpha value is -2.12. The highest BCUT2D eigenvalue weighted by Gasteiger charge is 2.35. The number of rotatable bonds is 4. The number of benzene rings is 1. The normalized spacial score (nSPS) is 13.0. The van der Waals surface area contributed by atoms with E-state index < -0.39 is 17.8 Å². The number of methoxy groups -OCH3 is 1. The summed E-state index contributed by atoms with van der Waals surface area (Å²) in [4.78, 5) is 4.09. The average molecular weight is 297 g/mol. The van der Waals surface area contributed by atoms with E-state index in [9.17, 15) is 13.2 Å². The van der Waals surface area contributed by atoms with Crippen molar-refractivity contribution in [1.29, 1.82) is 0 Å². The largest absolute Gasteiger partial charge is 0.495 e. The van der Waals surface area contributed by atoms with Crippen LogP contribution in [-0.2, 0) is 6.18 Å². The molecule has 2 aromatic rings. The van der Waals surface area contributed by atoms with E-state index >= 15 is 0 Å². The number of hydrazine groups is 1. The molecule has 1 aromatic carbocycles. The van der Waals surface area contributed by atoms with Crippen LogP contribution >= 0.6 is 0 Å². The summed E-state index contributed by atoms with van der Waals surface area (Å²) in [6, 6.07) is 7.53. The predicted octanol–water partition coefficient (Wildman–Crippen LogP) is 2.66. The highest BCUT2D eigenvalue weighted by atomic mass is 19.4. The third-order valence-electron chi connectivity index (χ3n) is 3.04. The number of ether oxygens (including phenoxy) is 1. The summed E-state index contributed by atoms with van der Waals surface area (Å²) in [6.07, 6.45) is -3.01. The van der Waals surface area contributed by atoms with Crippen LogP contribution in [0.2, 0.25) is 0 Å². The Morgan fingerprint density at radius 2 is 1.90 bits per heavy atom. The van der Waals surface area contributed by atoms with Gasteiger partial charge in [0.1, 0.15) is 11.4 Å². The Morgan fingerprint density at radius 3 is 2.52 bits per heavy atom. The molecule has 0 fully saturated rings. The van der Waals surface area contributed by atoms with Crippen molar-refractivity contribution in [2.24, 2.45) is 5.84 Å². The Labute approximate surface area is 119 Å². The van der Waals surface area contributed by atoms with Crippen molar-refractivity contribution >= 4 is 0 Å². The summed E-state index contributed by atoms with van der Waals surface area (Å²) >= 11 is 0. The summed E-state index contributed by atoms with van der Waals surface area (Å²) < 4.78 is 44.5. The highest BCUT2D eigenvalue weighted by Crippen LogP contribution is 2.37. The second-order valence-electron chi connectivity index (χ2n) is 4.28.